The number of imidazole rings is 1. The summed E-state index contributed by atoms with van der Waals surface area (Å²) >= 11 is 0. The van der Waals surface area contributed by atoms with Crippen LogP contribution < -0.4 is 0 Å². The topological polar surface area (TPSA) is 108 Å². The van der Waals surface area contributed by atoms with Crippen molar-refractivity contribution < 1.29 is 14.0 Å². The van der Waals surface area contributed by atoms with E-state index in [4.69, 9.17) is 9.63 Å². The van der Waals surface area contributed by atoms with Crippen molar-refractivity contribution in [2.75, 3.05) is 6.61 Å². The first kappa shape index (κ1) is 14.9. The average Bonchev–Trinajstić information content (AvgIpc) is 3.34. The van der Waals surface area contributed by atoms with Crippen LogP contribution >= 0.6 is 0 Å². The summed E-state index contributed by atoms with van der Waals surface area (Å²) in [6.45, 7) is 0.287. The molecule has 1 aliphatic heterocycles. The number of rotatable bonds is 3. The standard InChI is InChI=1S/C16H12FN7O2/c17-9-1-2-11-10(5-9)16-18-7-20-24(16)6-12-14(19-8-23(11)12)15-21-13(3-4-25)26-22-15/h1-2,5,7-8,25H,3-4,6H2. The Balaban J connectivity index is 1.71. The van der Waals surface area contributed by atoms with Crippen molar-refractivity contribution in [2.24, 2.45) is 0 Å². The zero-order chi connectivity index (χ0) is 17.7. The number of aromatic nitrogens is 7. The van der Waals surface area contributed by atoms with E-state index >= 15 is 0 Å². The SMILES string of the molecule is OCCc1nc(-c2ncn3c2Cn2ncnc2-c2cc(F)ccc2-3)no1. The van der Waals surface area contributed by atoms with E-state index in [1.807, 2.05) is 4.57 Å². The molecular weight excluding hydrogens is 341 g/mol. The summed E-state index contributed by atoms with van der Waals surface area (Å²) in [6.07, 6.45) is 3.34. The van der Waals surface area contributed by atoms with Crippen molar-refractivity contribution in [3.8, 4) is 28.6 Å². The molecule has 0 aliphatic carbocycles. The van der Waals surface area contributed by atoms with Gasteiger partial charge < -0.3 is 9.63 Å². The van der Waals surface area contributed by atoms with Gasteiger partial charge in [0, 0.05) is 5.56 Å². The number of fused-ring (bicyclic) bond motifs is 5. The highest BCUT2D eigenvalue weighted by Gasteiger charge is 2.26. The number of halogens is 1. The lowest BCUT2D eigenvalue weighted by Crippen LogP contribution is -2.06. The minimum Gasteiger partial charge on any atom is -0.396 e. The molecule has 0 amide bonds. The van der Waals surface area contributed by atoms with Gasteiger partial charge in [-0.25, -0.2) is 19.0 Å². The van der Waals surface area contributed by atoms with E-state index < -0.39 is 0 Å². The molecule has 0 spiro atoms. The van der Waals surface area contributed by atoms with Gasteiger partial charge in [0.1, 0.15) is 24.2 Å². The smallest absolute Gasteiger partial charge is 0.229 e. The Morgan fingerprint density at radius 3 is 3.08 bits per heavy atom. The Bertz CT molecular complexity index is 1110. The maximum Gasteiger partial charge on any atom is 0.229 e. The van der Waals surface area contributed by atoms with Gasteiger partial charge in [-0.05, 0) is 18.2 Å². The summed E-state index contributed by atoms with van der Waals surface area (Å²) in [5, 5.41) is 17.2. The number of benzene rings is 1. The van der Waals surface area contributed by atoms with Gasteiger partial charge in [-0.1, -0.05) is 5.16 Å². The summed E-state index contributed by atoms with van der Waals surface area (Å²) < 4.78 is 22.5. The van der Waals surface area contributed by atoms with Crippen LogP contribution in [-0.4, -0.2) is 46.2 Å². The van der Waals surface area contributed by atoms with Gasteiger partial charge in [0.15, 0.2) is 5.82 Å². The molecule has 26 heavy (non-hydrogen) atoms. The molecule has 9 nitrogen and oxygen atoms in total. The fraction of sp³-hybridized carbons (Fsp3) is 0.188. The van der Waals surface area contributed by atoms with E-state index in [0.29, 0.717) is 35.3 Å². The van der Waals surface area contributed by atoms with Crippen LogP contribution in [0.2, 0.25) is 0 Å². The lowest BCUT2D eigenvalue weighted by molar-refractivity contribution is 0.274. The molecule has 10 heteroatoms. The molecule has 0 atom stereocenters. The number of hydrogen-bond acceptors (Lipinski definition) is 7. The monoisotopic (exact) mass is 353 g/mol. The molecule has 0 radical (unpaired) electrons. The highest BCUT2D eigenvalue weighted by molar-refractivity contribution is 5.70. The Labute approximate surface area is 145 Å². The molecule has 4 heterocycles. The van der Waals surface area contributed by atoms with Crippen LogP contribution in [0, 0.1) is 5.82 Å². The van der Waals surface area contributed by atoms with Crippen molar-refractivity contribution in [1.82, 2.24) is 34.5 Å². The molecule has 130 valence electrons. The molecule has 1 aliphatic rings. The molecule has 1 N–H and O–H groups in total. The molecule has 0 saturated carbocycles. The van der Waals surface area contributed by atoms with Crippen LogP contribution in [-0.2, 0) is 13.0 Å². The van der Waals surface area contributed by atoms with E-state index in [0.717, 1.165) is 11.4 Å². The third-order valence-corrected chi connectivity index (χ3v) is 4.25. The van der Waals surface area contributed by atoms with Crippen molar-refractivity contribution in [3.63, 3.8) is 0 Å². The maximum absolute atomic E-state index is 13.8. The van der Waals surface area contributed by atoms with Crippen molar-refractivity contribution in [3.05, 3.63) is 48.3 Å². The molecule has 0 bridgehead atoms. The predicted molar refractivity (Wildman–Crippen MR) is 85.7 cm³/mol. The molecule has 5 rings (SSSR count). The molecule has 4 aromatic rings. The minimum absolute atomic E-state index is 0.0792. The molecule has 0 saturated heterocycles. The van der Waals surface area contributed by atoms with Gasteiger partial charge in [0.2, 0.25) is 11.7 Å². The van der Waals surface area contributed by atoms with Gasteiger partial charge in [-0.3, -0.25) is 4.57 Å². The normalized spacial score (nSPS) is 12.4. The quantitative estimate of drug-likeness (QED) is 0.519. The van der Waals surface area contributed by atoms with Crippen LogP contribution in [0.4, 0.5) is 4.39 Å². The zero-order valence-electron chi connectivity index (χ0n) is 13.4. The highest BCUT2D eigenvalue weighted by atomic mass is 19.1. The lowest BCUT2D eigenvalue weighted by atomic mass is 10.1. The van der Waals surface area contributed by atoms with Gasteiger partial charge in [-0.2, -0.15) is 10.1 Å². The third kappa shape index (κ3) is 2.15. The van der Waals surface area contributed by atoms with Crippen LogP contribution in [0.1, 0.15) is 11.6 Å². The van der Waals surface area contributed by atoms with Gasteiger partial charge in [0.05, 0.1) is 31.0 Å². The fourth-order valence-corrected chi connectivity index (χ4v) is 3.10. The second-order valence-electron chi connectivity index (χ2n) is 5.80. The van der Waals surface area contributed by atoms with E-state index in [1.165, 1.54) is 18.5 Å². The van der Waals surface area contributed by atoms with E-state index in [-0.39, 0.29) is 18.8 Å². The molecular formula is C16H12FN7O2. The summed E-state index contributed by atoms with van der Waals surface area (Å²) in [6, 6.07) is 4.50. The summed E-state index contributed by atoms with van der Waals surface area (Å²) in [4.78, 5) is 13.0. The Morgan fingerprint density at radius 2 is 2.19 bits per heavy atom. The summed E-state index contributed by atoms with van der Waals surface area (Å²) in [5.74, 6) is 0.883. The van der Waals surface area contributed by atoms with E-state index in [9.17, 15) is 4.39 Å². The zero-order valence-corrected chi connectivity index (χ0v) is 13.4. The van der Waals surface area contributed by atoms with Gasteiger partial charge in [0.25, 0.3) is 0 Å². The van der Waals surface area contributed by atoms with Crippen molar-refractivity contribution >= 4 is 0 Å². The lowest BCUT2D eigenvalue weighted by Gasteiger charge is -2.08. The predicted octanol–water partition coefficient (Wildman–Crippen LogP) is 1.22. The minimum atomic E-state index is -0.353. The first-order valence-corrected chi connectivity index (χ1v) is 7.92. The van der Waals surface area contributed by atoms with Crippen LogP contribution in [0.25, 0.3) is 28.6 Å². The fourth-order valence-electron chi connectivity index (χ4n) is 3.10. The molecule has 0 unspecified atom stereocenters. The summed E-state index contributed by atoms with van der Waals surface area (Å²) in [7, 11) is 0. The molecule has 1 aromatic carbocycles. The largest absolute Gasteiger partial charge is 0.396 e. The first-order valence-electron chi connectivity index (χ1n) is 7.92. The third-order valence-electron chi connectivity index (χ3n) is 4.25. The van der Waals surface area contributed by atoms with Crippen LogP contribution in [0.15, 0.2) is 35.4 Å². The van der Waals surface area contributed by atoms with Gasteiger partial charge in [-0.15, -0.1) is 0 Å². The Kier molecular flexibility index (Phi) is 3.19. The second-order valence-corrected chi connectivity index (χ2v) is 5.80. The van der Waals surface area contributed by atoms with Gasteiger partial charge >= 0.3 is 0 Å². The van der Waals surface area contributed by atoms with E-state index in [1.54, 1.807) is 17.1 Å². The number of nitrogens with zero attached hydrogens (tertiary/aromatic N) is 7. The van der Waals surface area contributed by atoms with Crippen molar-refractivity contribution in [2.45, 2.75) is 13.0 Å². The van der Waals surface area contributed by atoms with Crippen LogP contribution in [0.3, 0.4) is 0 Å². The average molecular weight is 353 g/mol. The molecule has 0 fully saturated rings. The second kappa shape index (κ2) is 5.56. The van der Waals surface area contributed by atoms with E-state index in [2.05, 4.69) is 25.2 Å². The van der Waals surface area contributed by atoms with Crippen molar-refractivity contribution in [1.29, 1.82) is 0 Å². The highest BCUT2D eigenvalue weighted by Crippen LogP contribution is 2.33. The Morgan fingerprint density at radius 1 is 1.27 bits per heavy atom. The first-order chi connectivity index (χ1) is 12.7. The summed E-state index contributed by atoms with van der Waals surface area (Å²) in [5.41, 5.74) is 2.68. The maximum atomic E-state index is 13.8. The number of aliphatic hydroxyl groups excluding tert-OH is 1. The number of hydrogen-bond donors (Lipinski definition) is 1. The number of aliphatic hydroxyl groups is 1. The Hall–Kier alpha value is -3.40. The molecule has 3 aromatic heterocycles. The van der Waals surface area contributed by atoms with Crippen LogP contribution in [0.5, 0.6) is 0 Å².